The normalized spacial score (nSPS) is 27.3. The van der Waals surface area contributed by atoms with Crippen molar-refractivity contribution < 1.29 is 37.3 Å². The minimum Gasteiger partial charge on any atom is -0.490 e. The van der Waals surface area contributed by atoms with Gasteiger partial charge in [-0.05, 0) is 37.0 Å². The zero-order valence-corrected chi connectivity index (χ0v) is 18.2. The van der Waals surface area contributed by atoms with Gasteiger partial charge in [-0.1, -0.05) is 6.07 Å². The van der Waals surface area contributed by atoms with E-state index in [2.05, 4.69) is 16.0 Å². The number of hydrogen-bond donors (Lipinski definition) is 2. The van der Waals surface area contributed by atoms with Crippen LogP contribution in [-0.4, -0.2) is 59.2 Å². The van der Waals surface area contributed by atoms with E-state index in [0.717, 1.165) is 41.7 Å². The summed E-state index contributed by atoms with van der Waals surface area (Å²) in [7, 11) is 1.77. The van der Waals surface area contributed by atoms with Gasteiger partial charge in [0.1, 0.15) is 30.3 Å². The van der Waals surface area contributed by atoms with Crippen molar-refractivity contribution in [3.63, 3.8) is 0 Å². The van der Waals surface area contributed by atoms with Crippen LogP contribution in [0.3, 0.4) is 0 Å². The number of carbonyl (C=O) groups is 1. The quantitative estimate of drug-likeness (QED) is 0.671. The Bertz CT molecular complexity index is 1080. The molecule has 1 aliphatic carbocycles. The summed E-state index contributed by atoms with van der Waals surface area (Å²) < 4.78 is 49.5. The minimum atomic E-state index is -5.08. The first-order chi connectivity index (χ1) is 16.1. The molecule has 1 unspecified atom stereocenters. The van der Waals surface area contributed by atoms with Crippen LogP contribution in [0.25, 0.3) is 11.1 Å². The number of aliphatic imine (C=N–C) groups is 1. The molecule has 0 saturated heterocycles. The van der Waals surface area contributed by atoms with Crippen LogP contribution in [0.2, 0.25) is 0 Å². The molecule has 3 aliphatic rings. The Labute approximate surface area is 192 Å². The maximum Gasteiger partial charge on any atom is 0.490 e. The number of carboxylic acids is 1. The fourth-order valence-corrected chi connectivity index (χ4v) is 4.70. The van der Waals surface area contributed by atoms with E-state index >= 15 is 0 Å². The second kappa shape index (κ2) is 9.09. The molecule has 5 rings (SSSR count). The number of aliphatic carboxylic acids is 1. The molecule has 34 heavy (non-hydrogen) atoms. The Morgan fingerprint density at radius 2 is 1.94 bits per heavy atom. The maximum absolute atomic E-state index is 10.6. The van der Waals surface area contributed by atoms with Crippen LogP contribution in [0.5, 0.6) is 5.75 Å². The molecule has 1 aromatic heterocycles. The molecule has 1 aromatic carbocycles. The number of aromatic nitrogens is 2. The van der Waals surface area contributed by atoms with Crippen LogP contribution >= 0.6 is 0 Å². The molecule has 0 bridgehead atoms. The van der Waals surface area contributed by atoms with Crippen molar-refractivity contribution in [1.82, 2.24) is 9.97 Å². The fourth-order valence-electron chi connectivity index (χ4n) is 4.70. The van der Waals surface area contributed by atoms with E-state index in [-0.39, 0.29) is 24.1 Å². The third-order valence-corrected chi connectivity index (χ3v) is 6.30. The van der Waals surface area contributed by atoms with Gasteiger partial charge in [0, 0.05) is 36.5 Å². The number of rotatable bonds is 2. The van der Waals surface area contributed by atoms with Crippen molar-refractivity contribution in [1.29, 1.82) is 0 Å². The second-order valence-electron chi connectivity index (χ2n) is 8.24. The number of methoxy groups -OCH3 is 1. The van der Waals surface area contributed by atoms with Crippen LogP contribution in [-0.2, 0) is 19.8 Å². The minimum absolute atomic E-state index is 0.0908. The largest absolute Gasteiger partial charge is 0.490 e. The average Bonchev–Trinajstić information content (AvgIpc) is 3.21. The molecule has 0 amide bonds. The zero-order valence-electron chi connectivity index (χ0n) is 18.2. The molecule has 182 valence electrons. The number of hydrogen-bond acceptors (Lipinski definition) is 8. The number of halogens is 3. The van der Waals surface area contributed by atoms with Crippen molar-refractivity contribution in [3.8, 4) is 16.9 Å². The number of benzene rings is 1. The highest BCUT2D eigenvalue weighted by molar-refractivity contribution is 5.75. The van der Waals surface area contributed by atoms with Gasteiger partial charge in [-0.3, -0.25) is 0 Å². The summed E-state index contributed by atoms with van der Waals surface area (Å²) in [6, 6.07) is 6.42. The Hall–Kier alpha value is -3.41. The predicted molar refractivity (Wildman–Crippen MR) is 113 cm³/mol. The van der Waals surface area contributed by atoms with Crippen LogP contribution < -0.4 is 10.5 Å². The topological polar surface area (TPSA) is 129 Å². The average molecular weight is 480 g/mol. The summed E-state index contributed by atoms with van der Waals surface area (Å²) >= 11 is 0. The van der Waals surface area contributed by atoms with E-state index < -0.39 is 17.7 Å². The summed E-state index contributed by atoms with van der Waals surface area (Å²) in [5, 5.41) is 7.12. The molecule has 1 saturated carbocycles. The van der Waals surface area contributed by atoms with E-state index in [0.29, 0.717) is 6.61 Å². The molecule has 4 atom stereocenters. The first-order valence-electron chi connectivity index (χ1n) is 10.5. The third kappa shape index (κ3) is 4.49. The highest BCUT2D eigenvalue weighted by atomic mass is 19.4. The Balaban J connectivity index is 0.000000344. The predicted octanol–water partition coefficient (Wildman–Crippen LogP) is 2.89. The van der Waals surface area contributed by atoms with E-state index in [1.165, 1.54) is 6.33 Å². The fraction of sp³-hybridized carbons (Fsp3) is 0.455. The lowest BCUT2D eigenvalue weighted by atomic mass is 9.67. The number of amidine groups is 1. The van der Waals surface area contributed by atoms with Crippen LogP contribution in [0.15, 0.2) is 41.9 Å². The zero-order chi connectivity index (χ0) is 24.5. The van der Waals surface area contributed by atoms with Gasteiger partial charge in [-0.15, -0.1) is 0 Å². The lowest BCUT2D eigenvalue weighted by Crippen LogP contribution is -2.52. The lowest BCUT2D eigenvalue weighted by molar-refractivity contribution is -0.192. The molecular weight excluding hydrogens is 457 g/mol. The van der Waals surface area contributed by atoms with Crippen molar-refractivity contribution in [2.45, 2.75) is 43.2 Å². The van der Waals surface area contributed by atoms with Gasteiger partial charge >= 0.3 is 12.1 Å². The number of fused-ring (bicyclic) bond motifs is 4. The molecule has 12 heteroatoms. The van der Waals surface area contributed by atoms with Gasteiger partial charge in [0.25, 0.3) is 6.02 Å². The molecule has 3 heterocycles. The maximum atomic E-state index is 10.6. The summed E-state index contributed by atoms with van der Waals surface area (Å²) in [6.45, 7) is 0.432. The molecular formula is C22H23F3N4O5. The lowest BCUT2D eigenvalue weighted by Gasteiger charge is -2.47. The van der Waals surface area contributed by atoms with Gasteiger partial charge in [0.05, 0.1) is 6.10 Å². The molecule has 2 aromatic rings. The van der Waals surface area contributed by atoms with Crippen molar-refractivity contribution in [3.05, 3.63) is 42.5 Å². The molecule has 1 spiro atoms. The van der Waals surface area contributed by atoms with Gasteiger partial charge in [0.15, 0.2) is 0 Å². The van der Waals surface area contributed by atoms with Gasteiger partial charge < -0.3 is 25.1 Å². The number of alkyl halides is 3. The number of carboxylic acid groups (broad SMARTS) is 1. The number of nitrogens with zero attached hydrogens (tertiary/aromatic N) is 3. The summed E-state index contributed by atoms with van der Waals surface area (Å²) in [6.07, 6.45) is 3.15. The van der Waals surface area contributed by atoms with Gasteiger partial charge in [0.2, 0.25) is 0 Å². The third-order valence-electron chi connectivity index (χ3n) is 6.30. The Morgan fingerprint density at radius 3 is 2.53 bits per heavy atom. The number of nitrogens with two attached hydrogens (primary N) is 1. The van der Waals surface area contributed by atoms with Crippen molar-refractivity contribution in [2.24, 2.45) is 16.6 Å². The van der Waals surface area contributed by atoms with Crippen molar-refractivity contribution in [2.75, 3.05) is 13.7 Å². The monoisotopic (exact) mass is 480 g/mol. The van der Waals surface area contributed by atoms with Crippen LogP contribution in [0.1, 0.15) is 24.8 Å². The number of ether oxygens (including phenoxy) is 3. The van der Waals surface area contributed by atoms with Gasteiger partial charge in [-0.2, -0.15) is 13.2 Å². The SMILES string of the molecule is CO[C@H]1CC[C@@H]2Oc3ccc(-c4cncnc4)cc3C3(COC(N)=N3)[C@H]2C1.O=C(O)C(F)(F)F. The standard InChI is InChI=1S/C20H22N4O3.C2HF3O2/c1-25-14-3-5-18-16(7-14)20(10-26-19(21)24-20)15-6-12(2-4-17(15)27-18)13-8-22-11-23-9-13;3-2(4,5)1(6)7/h2,4,6,8-9,11,14,16,18H,3,5,7,10H2,1H3,(H2,21,24);(H,6,7)/t14-,16-,18-,20?;/m0./s1. The summed E-state index contributed by atoms with van der Waals surface area (Å²) in [4.78, 5) is 22.0. The van der Waals surface area contributed by atoms with E-state index in [4.69, 9.17) is 34.8 Å². The second-order valence-corrected chi connectivity index (χ2v) is 8.24. The highest BCUT2D eigenvalue weighted by Gasteiger charge is 2.55. The van der Waals surface area contributed by atoms with E-state index in [1.54, 1.807) is 19.5 Å². The van der Waals surface area contributed by atoms with E-state index in [1.807, 2.05) is 12.1 Å². The Kier molecular flexibility index (Phi) is 6.34. The van der Waals surface area contributed by atoms with Crippen molar-refractivity contribution >= 4 is 12.0 Å². The molecule has 2 aliphatic heterocycles. The summed E-state index contributed by atoms with van der Waals surface area (Å²) in [5.41, 5.74) is 8.43. The molecule has 9 nitrogen and oxygen atoms in total. The highest BCUT2D eigenvalue weighted by Crippen LogP contribution is 2.53. The molecule has 0 radical (unpaired) electrons. The molecule has 1 fully saturated rings. The molecule has 3 N–H and O–H groups in total. The summed E-state index contributed by atoms with van der Waals surface area (Å²) in [5.74, 6) is -1.74. The van der Waals surface area contributed by atoms with Gasteiger partial charge in [-0.25, -0.2) is 19.8 Å². The smallest absolute Gasteiger partial charge is 0.490 e. The first-order valence-corrected chi connectivity index (χ1v) is 10.5. The first kappa shape index (κ1) is 23.7. The van der Waals surface area contributed by atoms with Crippen LogP contribution in [0, 0.1) is 5.92 Å². The van der Waals surface area contributed by atoms with Crippen LogP contribution in [0.4, 0.5) is 13.2 Å². The Morgan fingerprint density at radius 1 is 1.24 bits per heavy atom. The van der Waals surface area contributed by atoms with E-state index in [9.17, 15) is 13.2 Å².